The first-order valence-corrected chi connectivity index (χ1v) is 7.92. The normalized spacial score (nSPS) is 12.6. The lowest BCUT2D eigenvalue weighted by molar-refractivity contribution is 0.525. The van der Waals surface area contributed by atoms with Gasteiger partial charge in [-0.2, -0.15) is 0 Å². The standard InChI is InChI=1S/C17H20BrFN2/c1-12(2)21-10-15(14-3-5-17(19)6-4-14)7-13-8-16(18)11-20-9-13/h3-6,8-9,11-12,15,21H,7,10H2,1-2H3. The zero-order valence-corrected chi connectivity index (χ0v) is 13.9. The van der Waals surface area contributed by atoms with Crippen molar-refractivity contribution < 1.29 is 4.39 Å². The molecule has 0 fully saturated rings. The van der Waals surface area contributed by atoms with Crippen LogP contribution in [0.4, 0.5) is 4.39 Å². The molecule has 0 aliphatic rings. The number of aromatic nitrogens is 1. The number of nitrogens with one attached hydrogen (secondary N) is 1. The van der Waals surface area contributed by atoms with Crippen molar-refractivity contribution in [2.45, 2.75) is 32.2 Å². The van der Waals surface area contributed by atoms with Crippen molar-refractivity contribution in [1.82, 2.24) is 10.3 Å². The first kappa shape index (κ1) is 16.1. The van der Waals surface area contributed by atoms with Crippen LogP contribution in [0.25, 0.3) is 0 Å². The molecule has 4 heteroatoms. The number of hydrogen-bond donors (Lipinski definition) is 1. The van der Waals surface area contributed by atoms with Gasteiger partial charge in [0.05, 0.1) is 0 Å². The van der Waals surface area contributed by atoms with Crippen LogP contribution in [-0.2, 0) is 6.42 Å². The van der Waals surface area contributed by atoms with Gasteiger partial charge in [-0.25, -0.2) is 4.39 Å². The van der Waals surface area contributed by atoms with E-state index in [0.29, 0.717) is 12.0 Å². The lowest BCUT2D eigenvalue weighted by atomic mass is 9.92. The van der Waals surface area contributed by atoms with Crippen molar-refractivity contribution in [3.63, 3.8) is 0 Å². The van der Waals surface area contributed by atoms with Gasteiger partial charge in [-0.1, -0.05) is 26.0 Å². The molecule has 0 saturated carbocycles. The molecule has 0 amide bonds. The average Bonchev–Trinajstić information content (AvgIpc) is 2.44. The van der Waals surface area contributed by atoms with Crippen LogP contribution in [0, 0.1) is 5.82 Å². The van der Waals surface area contributed by atoms with E-state index in [1.54, 1.807) is 6.20 Å². The van der Waals surface area contributed by atoms with Gasteiger partial charge in [0.1, 0.15) is 5.82 Å². The molecule has 2 rings (SSSR count). The third-order valence-corrected chi connectivity index (χ3v) is 3.79. The Morgan fingerprint density at radius 1 is 1.19 bits per heavy atom. The summed E-state index contributed by atoms with van der Waals surface area (Å²) in [4.78, 5) is 4.21. The van der Waals surface area contributed by atoms with Crippen LogP contribution in [0.5, 0.6) is 0 Å². The number of pyridine rings is 1. The van der Waals surface area contributed by atoms with E-state index in [9.17, 15) is 4.39 Å². The second kappa shape index (κ2) is 7.66. The Morgan fingerprint density at radius 3 is 2.52 bits per heavy atom. The molecule has 1 aromatic heterocycles. The molecule has 0 bridgehead atoms. The maximum atomic E-state index is 13.1. The fourth-order valence-electron chi connectivity index (χ4n) is 2.27. The minimum Gasteiger partial charge on any atom is -0.314 e. The smallest absolute Gasteiger partial charge is 0.123 e. The zero-order chi connectivity index (χ0) is 15.2. The van der Waals surface area contributed by atoms with E-state index in [0.717, 1.165) is 23.0 Å². The molecule has 2 aromatic rings. The highest BCUT2D eigenvalue weighted by molar-refractivity contribution is 9.10. The summed E-state index contributed by atoms with van der Waals surface area (Å²) in [6.45, 7) is 5.11. The van der Waals surface area contributed by atoms with Gasteiger partial charge in [0.25, 0.3) is 0 Å². The summed E-state index contributed by atoms with van der Waals surface area (Å²) >= 11 is 3.45. The fourth-order valence-corrected chi connectivity index (χ4v) is 2.69. The van der Waals surface area contributed by atoms with Gasteiger partial charge in [0.2, 0.25) is 0 Å². The molecule has 0 aliphatic heterocycles. The molecule has 0 spiro atoms. The SMILES string of the molecule is CC(C)NCC(Cc1cncc(Br)c1)c1ccc(F)cc1. The molecule has 1 aromatic carbocycles. The lowest BCUT2D eigenvalue weighted by Crippen LogP contribution is -2.29. The Labute approximate surface area is 133 Å². The van der Waals surface area contributed by atoms with E-state index in [2.05, 4.69) is 46.1 Å². The minimum atomic E-state index is -0.196. The summed E-state index contributed by atoms with van der Waals surface area (Å²) in [5.74, 6) is 0.0996. The topological polar surface area (TPSA) is 24.9 Å². The molecular weight excluding hydrogens is 331 g/mol. The van der Waals surface area contributed by atoms with E-state index in [1.165, 1.54) is 17.7 Å². The highest BCUT2D eigenvalue weighted by Gasteiger charge is 2.13. The number of nitrogens with zero attached hydrogens (tertiary/aromatic N) is 1. The summed E-state index contributed by atoms with van der Waals surface area (Å²) in [5, 5.41) is 3.47. The first-order chi connectivity index (χ1) is 10.0. The number of hydrogen-bond acceptors (Lipinski definition) is 2. The van der Waals surface area contributed by atoms with Gasteiger partial charge in [-0.3, -0.25) is 4.98 Å². The second-order valence-electron chi connectivity index (χ2n) is 5.53. The summed E-state index contributed by atoms with van der Waals surface area (Å²) in [6.07, 6.45) is 4.54. The Kier molecular flexibility index (Phi) is 5.88. The highest BCUT2D eigenvalue weighted by Crippen LogP contribution is 2.22. The lowest BCUT2D eigenvalue weighted by Gasteiger charge is -2.20. The maximum absolute atomic E-state index is 13.1. The van der Waals surface area contributed by atoms with E-state index in [1.807, 2.05) is 18.3 Å². The van der Waals surface area contributed by atoms with Crippen molar-refractivity contribution >= 4 is 15.9 Å². The molecule has 2 nitrogen and oxygen atoms in total. The molecule has 21 heavy (non-hydrogen) atoms. The molecule has 0 aliphatic carbocycles. The first-order valence-electron chi connectivity index (χ1n) is 7.13. The van der Waals surface area contributed by atoms with Crippen LogP contribution in [0.3, 0.4) is 0 Å². The van der Waals surface area contributed by atoms with Crippen molar-refractivity contribution in [3.05, 3.63) is 64.1 Å². The van der Waals surface area contributed by atoms with Crippen molar-refractivity contribution in [3.8, 4) is 0 Å². The van der Waals surface area contributed by atoms with Gasteiger partial charge in [-0.15, -0.1) is 0 Å². The van der Waals surface area contributed by atoms with E-state index >= 15 is 0 Å². The molecule has 1 heterocycles. The summed E-state index contributed by atoms with van der Waals surface area (Å²) in [7, 11) is 0. The molecule has 0 radical (unpaired) electrons. The quantitative estimate of drug-likeness (QED) is 0.839. The van der Waals surface area contributed by atoms with Crippen molar-refractivity contribution in [2.24, 2.45) is 0 Å². The predicted molar refractivity (Wildman–Crippen MR) is 87.9 cm³/mol. The van der Waals surface area contributed by atoms with Crippen LogP contribution in [-0.4, -0.2) is 17.6 Å². The predicted octanol–water partition coefficient (Wildman–Crippen LogP) is 4.31. The molecule has 1 N–H and O–H groups in total. The van der Waals surface area contributed by atoms with Gasteiger partial charge in [-0.05, 0) is 51.7 Å². The monoisotopic (exact) mass is 350 g/mol. The molecule has 1 unspecified atom stereocenters. The van der Waals surface area contributed by atoms with Gasteiger partial charge >= 0.3 is 0 Å². The highest BCUT2D eigenvalue weighted by atomic mass is 79.9. The van der Waals surface area contributed by atoms with Gasteiger partial charge in [0.15, 0.2) is 0 Å². The third kappa shape index (κ3) is 5.21. The van der Waals surface area contributed by atoms with Crippen LogP contribution in [0.15, 0.2) is 47.2 Å². The number of rotatable bonds is 6. The Hall–Kier alpha value is -1.26. The van der Waals surface area contributed by atoms with Crippen LogP contribution in [0.2, 0.25) is 0 Å². The molecule has 112 valence electrons. The molecule has 1 atom stereocenters. The minimum absolute atomic E-state index is 0.196. The summed E-state index contributed by atoms with van der Waals surface area (Å²) in [6, 6.07) is 9.29. The maximum Gasteiger partial charge on any atom is 0.123 e. The fraction of sp³-hybridized carbons (Fsp3) is 0.353. The van der Waals surface area contributed by atoms with Crippen LogP contribution in [0.1, 0.15) is 30.9 Å². The summed E-state index contributed by atoms with van der Waals surface area (Å²) < 4.78 is 14.1. The van der Waals surface area contributed by atoms with E-state index < -0.39 is 0 Å². The average molecular weight is 351 g/mol. The largest absolute Gasteiger partial charge is 0.314 e. The van der Waals surface area contributed by atoms with Gasteiger partial charge < -0.3 is 5.32 Å². The Morgan fingerprint density at radius 2 is 1.90 bits per heavy atom. The van der Waals surface area contributed by atoms with Gasteiger partial charge in [0, 0.05) is 35.4 Å². The van der Waals surface area contributed by atoms with E-state index in [4.69, 9.17) is 0 Å². The summed E-state index contributed by atoms with van der Waals surface area (Å²) in [5.41, 5.74) is 2.31. The zero-order valence-electron chi connectivity index (χ0n) is 12.3. The van der Waals surface area contributed by atoms with Crippen LogP contribution < -0.4 is 5.32 Å². The number of benzene rings is 1. The molecular formula is C17H20BrFN2. The number of halogens is 2. The van der Waals surface area contributed by atoms with Crippen molar-refractivity contribution in [1.29, 1.82) is 0 Å². The second-order valence-corrected chi connectivity index (χ2v) is 6.44. The van der Waals surface area contributed by atoms with E-state index in [-0.39, 0.29) is 5.82 Å². The van der Waals surface area contributed by atoms with Crippen LogP contribution >= 0.6 is 15.9 Å². The molecule has 0 saturated heterocycles. The Bertz CT molecular complexity index is 569. The van der Waals surface area contributed by atoms with Crippen molar-refractivity contribution in [2.75, 3.05) is 6.54 Å². The Balaban J connectivity index is 2.17. The third-order valence-electron chi connectivity index (χ3n) is 3.36.